The maximum absolute atomic E-state index is 11.9. The molecule has 3 unspecified atom stereocenters. The molecule has 2 aliphatic rings. The van der Waals surface area contributed by atoms with Gasteiger partial charge in [0, 0.05) is 32.2 Å². The smallest absolute Gasteiger partial charge is 0.234 e. The van der Waals surface area contributed by atoms with Crippen molar-refractivity contribution < 1.29 is 4.79 Å². The van der Waals surface area contributed by atoms with Crippen LogP contribution in [0.1, 0.15) is 26.7 Å². The van der Waals surface area contributed by atoms with Crippen molar-refractivity contribution in [3.05, 3.63) is 0 Å². The normalized spacial score (nSPS) is 34.8. The third-order valence-corrected chi connectivity index (χ3v) is 4.39. The van der Waals surface area contributed by atoms with E-state index in [4.69, 9.17) is 0 Å². The number of hydrogen-bond acceptors (Lipinski definition) is 3. The molecule has 0 spiro atoms. The lowest BCUT2D eigenvalue weighted by atomic mass is 9.98. The van der Waals surface area contributed by atoms with Gasteiger partial charge in [0.15, 0.2) is 0 Å². The molecule has 1 heterocycles. The van der Waals surface area contributed by atoms with Gasteiger partial charge < -0.3 is 10.6 Å². The molecule has 1 aliphatic carbocycles. The average molecular weight is 239 g/mol. The third kappa shape index (κ3) is 3.42. The van der Waals surface area contributed by atoms with Crippen LogP contribution in [0, 0.1) is 11.8 Å². The minimum absolute atomic E-state index is 0.206. The lowest BCUT2D eigenvalue weighted by molar-refractivity contribution is -0.123. The van der Waals surface area contributed by atoms with E-state index in [0.29, 0.717) is 18.5 Å². The summed E-state index contributed by atoms with van der Waals surface area (Å²) in [6.45, 7) is 9.10. The molecule has 17 heavy (non-hydrogen) atoms. The minimum Gasteiger partial charge on any atom is -0.352 e. The van der Waals surface area contributed by atoms with E-state index in [1.165, 1.54) is 6.42 Å². The van der Waals surface area contributed by atoms with Gasteiger partial charge in [-0.2, -0.15) is 0 Å². The number of rotatable bonds is 3. The Kier molecular flexibility index (Phi) is 4.40. The van der Waals surface area contributed by atoms with E-state index in [0.717, 1.165) is 38.5 Å². The number of carbonyl (C=O) groups is 1. The van der Waals surface area contributed by atoms with E-state index in [1.807, 2.05) is 0 Å². The first-order chi connectivity index (χ1) is 8.16. The summed E-state index contributed by atoms with van der Waals surface area (Å²) < 4.78 is 0. The predicted molar refractivity (Wildman–Crippen MR) is 68.8 cm³/mol. The van der Waals surface area contributed by atoms with Crippen LogP contribution in [0.3, 0.4) is 0 Å². The van der Waals surface area contributed by atoms with Gasteiger partial charge in [0.05, 0.1) is 6.54 Å². The molecular formula is C13H25N3O. The van der Waals surface area contributed by atoms with Crippen LogP contribution in [0.2, 0.25) is 0 Å². The summed E-state index contributed by atoms with van der Waals surface area (Å²) in [4.78, 5) is 14.2. The van der Waals surface area contributed by atoms with Gasteiger partial charge in [0.1, 0.15) is 0 Å². The number of piperazine rings is 1. The average Bonchev–Trinajstić information content (AvgIpc) is 2.62. The molecule has 1 aliphatic heterocycles. The zero-order valence-electron chi connectivity index (χ0n) is 11.0. The van der Waals surface area contributed by atoms with Gasteiger partial charge in [-0.3, -0.25) is 9.69 Å². The molecule has 0 radical (unpaired) electrons. The molecule has 0 aromatic carbocycles. The molecule has 1 amide bonds. The number of nitrogens with zero attached hydrogens (tertiary/aromatic N) is 1. The van der Waals surface area contributed by atoms with Crippen LogP contribution in [-0.4, -0.2) is 49.6 Å². The molecule has 4 nitrogen and oxygen atoms in total. The lowest BCUT2D eigenvalue weighted by Gasteiger charge is -2.27. The molecule has 2 rings (SSSR count). The van der Waals surface area contributed by atoms with Crippen LogP contribution in [-0.2, 0) is 4.79 Å². The molecule has 98 valence electrons. The topological polar surface area (TPSA) is 44.4 Å². The number of carbonyl (C=O) groups excluding carboxylic acids is 1. The van der Waals surface area contributed by atoms with E-state index in [2.05, 4.69) is 29.4 Å². The Morgan fingerprint density at radius 3 is 2.59 bits per heavy atom. The zero-order chi connectivity index (χ0) is 12.3. The summed E-state index contributed by atoms with van der Waals surface area (Å²) in [6, 6.07) is 0.403. The fraction of sp³-hybridized carbons (Fsp3) is 0.923. The Hall–Kier alpha value is -0.610. The zero-order valence-corrected chi connectivity index (χ0v) is 11.0. The van der Waals surface area contributed by atoms with Crippen molar-refractivity contribution >= 4 is 5.91 Å². The van der Waals surface area contributed by atoms with Gasteiger partial charge >= 0.3 is 0 Å². The molecule has 1 saturated heterocycles. The largest absolute Gasteiger partial charge is 0.352 e. The fourth-order valence-electron chi connectivity index (χ4n) is 2.89. The summed E-state index contributed by atoms with van der Waals surface area (Å²) in [5, 5.41) is 6.51. The highest BCUT2D eigenvalue weighted by Gasteiger charge is 2.30. The van der Waals surface area contributed by atoms with E-state index in [-0.39, 0.29) is 5.91 Å². The van der Waals surface area contributed by atoms with Crippen LogP contribution >= 0.6 is 0 Å². The maximum atomic E-state index is 11.9. The van der Waals surface area contributed by atoms with E-state index >= 15 is 0 Å². The van der Waals surface area contributed by atoms with Gasteiger partial charge in [-0.15, -0.1) is 0 Å². The first-order valence-electron chi connectivity index (χ1n) is 6.89. The highest BCUT2D eigenvalue weighted by atomic mass is 16.2. The number of nitrogens with one attached hydrogen (secondary N) is 2. The van der Waals surface area contributed by atoms with Crippen molar-refractivity contribution in [1.29, 1.82) is 0 Å². The second kappa shape index (κ2) is 5.83. The summed E-state index contributed by atoms with van der Waals surface area (Å²) in [6.07, 6.45) is 2.40. The molecule has 2 fully saturated rings. The number of amides is 1. The van der Waals surface area contributed by atoms with E-state index in [1.54, 1.807) is 0 Å². The van der Waals surface area contributed by atoms with Crippen LogP contribution in [0.4, 0.5) is 0 Å². The summed E-state index contributed by atoms with van der Waals surface area (Å²) in [5.74, 6) is 1.58. The predicted octanol–water partition coefficient (Wildman–Crippen LogP) is 0.442. The second-order valence-corrected chi connectivity index (χ2v) is 5.61. The van der Waals surface area contributed by atoms with Crippen LogP contribution in [0.15, 0.2) is 0 Å². The van der Waals surface area contributed by atoms with Crippen molar-refractivity contribution in [2.75, 3.05) is 32.7 Å². The van der Waals surface area contributed by atoms with Crippen molar-refractivity contribution in [2.24, 2.45) is 11.8 Å². The van der Waals surface area contributed by atoms with Gasteiger partial charge in [0.25, 0.3) is 0 Å². The Balaban J connectivity index is 1.73. The van der Waals surface area contributed by atoms with Crippen LogP contribution in [0.5, 0.6) is 0 Å². The third-order valence-electron chi connectivity index (χ3n) is 4.39. The van der Waals surface area contributed by atoms with Gasteiger partial charge in [-0.05, 0) is 24.7 Å². The van der Waals surface area contributed by atoms with Crippen LogP contribution in [0.25, 0.3) is 0 Å². The van der Waals surface area contributed by atoms with Gasteiger partial charge in [0.2, 0.25) is 5.91 Å². The first kappa shape index (κ1) is 12.8. The van der Waals surface area contributed by atoms with Crippen LogP contribution < -0.4 is 10.6 Å². The molecule has 1 saturated carbocycles. The van der Waals surface area contributed by atoms with Crippen molar-refractivity contribution in [3.8, 4) is 0 Å². The summed E-state index contributed by atoms with van der Waals surface area (Å²) >= 11 is 0. The molecular weight excluding hydrogens is 214 g/mol. The Bertz CT molecular complexity index is 263. The number of hydrogen-bond donors (Lipinski definition) is 2. The van der Waals surface area contributed by atoms with E-state index < -0.39 is 0 Å². The monoisotopic (exact) mass is 239 g/mol. The SMILES string of the molecule is CC1CCC(NC(=O)CN2CCNCC2)C1C. The van der Waals surface area contributed by atoms with E-state index in [9.17, 15) is 4.79 Å². The van der Waals surface area contributed by atoms with Gasteiger partial charge in [-0.1, -0.05) is 13.8 Å². The highest BCUT2D eigenvalue weighted by molar-refractivity contribution is 5.78. The minimum atomic E-state index is 0.206. The second-order valence-electron chi connectivity index (χ2n) is 5.61. The lowest BCUT2D eigenvalue weighted by Crippen LogP contribution is -2.49. The maximum Gasteiger partial charge on any atom is 0.234 e. The van der Waals surface area contributed by atoms with Crippen molar-refractivity contribution in [1.82, 2.24) is 15.5 Å². The van der Waals surface area contributed by atoms with Gasteiger partial charge in [-0.25, -0.2) is 0 Å². The molecule has 0 bridgehead atoms. The molecule has 4 heteroatoms. The molecule has 3 atom stereocenters. The summed E-state index contributed by atoms with van der Waals surface area (Å²) in [7, 11) is 0. The molecule has 2 N–H and O–H groups in total. The summed E-state index contributed by atoms with van der Waals surface area (Å²) in [5.41, 5.74) is 0. The fourth-order valence-corrected chi connectivity index (χ4v) is 2.89. The standard InChI is InChI=1S/C13H25N3O/c1-10-3-4-12(11(10)2)15-13(17)9-16-7-5-14-6-8-16/h10-12,14H,3-9H2,1-2H3,(H,15,17). The quantitative estimate of drug-likeness (QED) is 0.751. The first-order valence-corrected chi connectivity index (χ1v) is 6.89. The van der Waals surface area contributed by atoms with Crippen molar-refractivity contribution in [3.63, 3.8) is 0 Å². The molecule has 0 aromatic rings. The highest BCUT2D eigenvalue weighted by Crippen LogP contribution is 2.30. The molecule has 0 aromatic heterocycles. The Morgan fingerprint density at radius 1 is 1.29 bits per heavy atom. The Labute approximate surface area is 104 Å². The van der Waals surface area contributed by atoms with Crippen molar-refractivity contribution in [2.45, 2.75) is 32.7 Å². The Morgan fingerprint density at radius 2 is 2.00 bits per heavy atom.